The van der Waals surface area contributed by atoms with Crippen LogP contribution in [0.15, 0.2) is 48.5 Å². The molecule has 0 amide bonds. The molecule has 0 unspecified atom stereocenters. The molecule has 0 saturated carbocycles. The molecular formula is C16H15FO. The third kappa shape index (κ3) is 3.27. The summed E-state index contributed by atoms with van der Waals surface area (Å²) in [7, 11) is 0. The zero-order chi connectivity index (χ0) is 13.0. The Labute approximate surface area is 106 Å². The van der Waals surface area contributed by atoms with E-state index in [-0.39, 0.29) is 11.6 Å². The van der Waals surface area contributed by atoms with E-state index in [2.05, 4.69) is 0 Å². The summed E-state index contributed by atoms with van der Waals surface area (Å²) in [5.74, 6) is -0.263. The number of Topliss-reactive ketones (excluding diaryl/α,β-unsaturated/α-hetero) is 1. The van der Waals surface area contributed by atoms with Gasteiger partial charge in [0.2, 0.25) is 0 Å². The first kappa shape index (κ1) is 12.5. The molecule has 0 N–H and O–H groups in total. The van der Waals surface area contributed by atoms with Gasteiger partial charge in [-0.1, -0.05) is 29.8 Å². The number of benzene rings is 2. The van der Waals surface area contributed by atoms with Crippen LogP contribution in [-0.2, 0) is 6.42 Å². The van der Waals surface area contributed by atoms with Gasteiger partial charge in [0.1, 0.15) is 5.82 Å². The van der Waals surface area contributed by atoms with E-state index in [1.807, 2.05) is 31.2 Å². The van der Waals surface area contributed by atoms with Gasteiger partial charge in [0, 0.05) is 12.0 Å². The Bertz CT molecular complexity index is 526. The normalized spacial score (nSPS) is 10.3. The Morgan fingerprint density at radius 3 is 2.22 bits per heavy atom. The van der Waals surface area contributed by atoms with Gasteiger partial charge in [-0.2, -0.15) is 0 Å². The summed E-state index contributed by atoms with van der Waals surface area (Å²) in [6.45, 7) is 2.04. The lowest BCUT2D eigenvalue weighted by atomic mass is 10.0. The second-order valence-corrected chi connectivity index (χ2v) is 4.42. The second-order valence-electron chi connectivity index (χ2n) is 4.42. The van der Waals surface area contributed by atoms with E-state index >= 15 is 0 Å². The van der Waals surface area contributed by atoms with E-state index in [4.69, 9.17) is 0 Å². The topological polar surface area (TPSA) is 17.1 Å². The van der Waals surface area contributed by atoms with Crippen molar-refractivity contribution in [2.45, 2.75) is 19.8 Å². The first-order valence-electron chi connectivity index (χ1n) is 5.99. The smallest absolute Gasteiger partial charge is 0.163 e. The number of hydrogen-bond donors (Lipinski definition) is 0. The van der Waals surface area contributed by atoms with E-state index < -0.39 is 0 Å². The maximum atomic E-state index is 12.7. The summed E-state index contributed by atoms with van der Waals surface area (Å²) in [6.07, 6.45) is 1.17. The summed E-state index contributed by atoms with van der Waals surface area (Å²) in [4.78, 5) is 11.9. The number of carbonyl (C=O) groups excluding carboxylic acids is 1. The minimum atomic E-state index is -0.315. The third-order valence-electron chi connectivity index (χ3n) is 2.93. The molecule has 0 saturated heterocycles. The predicted molar refractivity (Wildman–Crippen MR) is 70.2 cm³/mol. The molecule has 18 heavy (non-hydrogen) atoms. The van der Waals surface area contributed by atoms with Gasteiger partial charge >= 0.3 is 0 Å². The molecule has 92 valence electrons. The average molecular weight is 242 g/mol. The Morgan fingerprint density at radius 2 is 1.61 bits per heavy atom. The number of aryl methyl sites for hydroxylation is 2. The lowest BCUT2D eigenvalue weighted by Gasteiger charge is -2.02. The van der Waals surface area contributed by atoms with Crippen LogP contribution in [0.5, 0.6) is 0 Å². The van der Waals surface area contributed by atoms with Crippen molar-refractivity contribution in [3.8, 4) is 0 Å². The molecule has 2 heteroatoms. The van der Waals surface area contributed by atoms with Crippen molar-refractivity contribution in [1.29, 1.82) is 0 Å². The maximum absolute atomic E-state index is 12.7. The van der Waals surface area contributed by atoms with Gasteiger partial charge < -0.3 is 0 Å². The van der Waals surface area contributed by atoms with Crippen LogP contribution in [0.2, 0.25) is 0 Å². The highest BCUT2D eigenvalue weighted by molar-refractivity contribution is 5.96. The van der Waals surface area contributed by atoms with Gasteiger partial charge in [-0.15, -0.1) is 0 Å². The van der Waals surface area contributed by atoms with Crippen molar-refractivity contribution in [2.24, 2.45) is 0 Å². The van der Waals surface area contributed by atoms with Gasteiger partial charge in [-0.3, -0.25) is 4.79 Å². The Hall–Kier alpha value is -1.96. The fourth-order valence-electron chi connectivity index (χ4n) is 1.79. The molecule has 2 aromatic rings. The monoisotopic (exact) mass is 242 g/mol. The molecule has 2 rings (SSSR count). The van der Waals surface area contributed by atoms with E-state index in [1.165, 1.54) is 29.8 Å². The van der Waals surface area contributed by atoms with Gasteiger partial charge in [0.05, 0.1) is 0 Å². The van der Waals surface area contributed by atoms with Gasteiger partial charge in [-0.25, -0.2) is 4.39 Å². The molecule has 0 fully saturated rings. The molecule has 0 atom stereocenters. The molecule has 0 aliphatic carbocycles. The minimum Gasteiger partial charge on any atom is -0.294 e. The summed E-state index contributed by atoms with van der Waals surface area (Å²) in [5, 5.41) is 0. The van der Waals surface area contributed by atoms with Crippen molar-refractivity contribution >= 4 is 5.78 Å². The van der Waals surface area contributed by atoms with E-state index in [1.54, 1.807) is 0 Å². The quantitative estimate of drug-likeness (QED) is 0.742. The molecule has 0 aliphatic heterocycles. The SMILES string of the molecule is Cc1ccc(CCC(=O)c2ccc(F)cc2)cc1. The summed E-state index contributed by atoms with van der Waals surface area (Å²) >= 11 is 0. The molecule has 1 nitrogen and oxygen atoms in total. The number of carbonyl (C=O) groups is 1. The van der Waals surface area contributed by atoms with E-state index in [0.717, 1.165) is 12.0 Å². The van der Waals surface area contributed by atoms with Crippen LogP contribution in [0.1, 0.15) is 27.9 Å². The number of ketones is 1. The fraction of sp³-hybridized carbons (Fsp3) is 0.188. The maximum Gasteiger partial charge on any atom is 0.163 e. The third-order valence-corrected chi connectivity index (χ3v) is 2.93. The molecule has 0 bridgehead atoms. The number of rotatable bonds is 4. The molecule has 0 aliphatic rings. The predicted octanol–water partition coefficient (Wildman–Crippen LogP) is 3.95. The number of hydrogen-bond acceptors (Lipinski definition) is 1. The lowest BCUT2D eigenvalue weighted by Crippen LogP contribution is -2.01. The van der Waals surface area contributed by atoms with Crippen LogP contribution in [0.25, 0.3) is 0 Å². The lowest BCUT2D eigenvalue weighted by molar-refractivity contribution is 0.0983. The second kappa shape index (κ2) is 5.58. The molecular weight excluding hydrogens is 227 g/mol. The van der Waals surface area contributed by atoms with E-state index in [0.29, 0.717) is 12.0 Å². The van der Waals surface area contributed by atoms with Gasteiger partial charge in [0.25, 0.3) is 0 Å². The van der Waals surface area contributed by atoms with Crippen LogP contribution in [0, 0.1) is 12.7 Å². The van der Waals surface area contributed by atoms with Crippen molar-refractivity contribution in [1.82, 2.24) is 0 Å². The molecule has 0 aromatic heterocycles. The largest absolute Gasteiger partial charge is 0.294 e. The van der Waals surface area contributed by atoms with Crippen LogP contribution in [-0.4, -0.2) is 5.78 Å². The first-order valence-corrected chi connectivity index (χ1v) is 5.99. The summed E-state index contributed by atoms with van der Waals surface area (Å²) in [5.41, 5.74) is 2.93. The highest BCUT2D eigenvalue weighted by atomic mass is 19.1. The summed E-state index contributed by atoms with van der Waals surface area (Å²) in [6, 6.07) is 13.9. The van der Waals surface area contributed by atoms with Crippen molar-refractivity contribution in [3.05, 3.63) is 71.0 Å². The zero-order valence-corrected chi connectivity index (χ0v) is 10.3. The summed E-state index contributed by atoms with van der Waals surface area (Å²) < 4.78 is 12.7. The van der Waals surface area contributed by atoms with Crippen LogP contribution >= 0.6 is 0 Å². The molecule has 2 aromatic carbocycles. The van der Waals surface area contributed by atoms with Crippen molar-refractivity contribution in [2.75, 3.05) is 0 Å². The van der Waals surface area contributed by atoms with Gasteiger partial charge in [0.15, 0.2) is 5.78 Å². The first-order chi connectivity index (χ1) is 8.65. The van der Waals surface area contributed by atoms with Gasteiger partial charge in [-0.05, 0) is 43.2 Å². The van der Waals surface area contributed by atoms with Crippen LogP contribution < -0.4 is 0 Å². The zero-order valence-electron chi connectivity index (χ0n) is 10.3. The van der Waals surface area contributed by atoms with E-state index in [9.17, 15) is 9.18 Å². The fourth-order valence-corrected chi connectivity index (χ4v) is 1.79. The molecule has 0 heterocycles. The molecule has 0 radical (unpaired) electrons. The number of halogens is 1. The highest BCUT2D eigenvalue weighted by Crippen LogP contribution is 2.10. The van der Waals surface area contributed by atoms with Crippen LogP contribution in [0.4, 0.5) is 4.39 Å². The minimum absolute atomic E-state index is 0.0515. The van der Waals surface area contributed by atoms with Crippen LogP contribution in [0.3, 0.4) is 0 Å². The average Bonchev–Trinajstić information content (AvgIpc) is 2.38. The van der Waals surface area contributed by atoms with Crippen molar-refractivity contribution < 1.29 is 9.18 Å². The highest BCUT2D eigenvalue weighted by Gasteiger charge is 2.06. The standard InChI is InChI=1S/C16H15FO/c1-12-2-4-13(5-3-12)6-11-16(18)14-7-9-15(17)10-8-14/h2-5,7-10H,6,11H2,1H3. The van der Waals surface area contributed by atoms with Crippen molar-refractivity contribution in [3.63, 3.8) is 0 Å². The Morgan fingerprint density at radius 1 is 1.00 bits per heavy atom. The Balaban J connectivity index is 1.96. The Kier molecular flexibility index (Phi) is 3.88. The molecule has 0 spiro atoms.